The molecule has 1 aromatic rings. The second-order valence-corrected chi connectivity index (χ2v) is 9.36. The summed E-state index contributed by atoms with van der Waals surface area (Å²) < 4.78 is 29.6. The quantitative estimate of drug-likeness (QED) is 0.579. The van der Waals surface area contributed by atoms with Crippen molar-refractivity contribution in [2.75, 3.05) is 6.54 Å². The van der Waals surface area contributed by atoms with Crippen LogP contribution in [0.25, 0.3) is 0 Å². The van der Waals surface area contributed by atoms with Gasteiger partial charge in [0.25, 0.3) is 11.8 Å². The maximum atomic E-state index is 14.8. The van der Waals surface area contributed by atoms with Crippen molar-refractivity contribution in [2.24, 2.45) is 11.8 Å². The number of fused-ring (bicyclic) bond motifs is 3. The number of halogens is 2. The van der Waals surface area contributed by atoms with Gasteiger partial charge in [-0.1, -0.05) is 30.3 Å². The number of carbonyl (C=O) groups is 3. The van der Waals surface area contributed by atoms with E-state index in [1.807, 2.05) is 6.07 Å². The van der Waals surface area contributed by atoms with Gasteiger partial charge in [-0.15, -0.1) is 0 Å². The molecule has 0 aromatic heterocycles. The van der Waals surface area contributed by atoms with E-state index in [1.54, 1.807) is 30.3 Å². The topological polar surface area (TPSA) is 123 Å². The Labute approximate surface area is 196 Å². The first-order chi connectivity index (χ1) is 16.2. The van der Waals surface area contributed by atoms with E-state index in [0.29, 0.717) is 24.9 Å². The van der Waals surface area contributed by atoms with E-state index in [9.17, 15) is 33.5 Å². The first-order valence-corrected chi connectivity index (χ1v) is 11.6. The van der Waals surface area contributed by atoms with Crippen molar-refractivity contribution in [3.8, 4) is 6.07 Å². The number of aliphatic hydroxyl groups excluding tert-OH is 1. The number of hydrogen-bond acceptors (Lipinski definition) is 5. The van der Waals surface area contributed by atoms with Gasteiger partial charge in [-0.25, -0.2) is 8.78 Å². The first-order valence-electron chi connectivity index (χ1n) is 11.6. The van der Waals surface area contributed by atoms with Crippen LogP contribution >= 0.6 is 0 Å². The van der Waals surface area contributed by atoms with Crippen LogP contribution in [-0.4, -0.2) is 58.3 Å². The van der Waals surface area contributed by atoms with Crippen LogP contribution in [0.1, 0.15) is 50.2 Å². The van der Waals surface area contributed by atoms with E-state index < -0.39 is 60.2 Å². The summed E-state index contributed by atoms with van der Waals surface area (Å²) in [6, 6.07) is 6.58. The molecule has 1 aromatic carbocycles. The van der Waals surface area contributed by atoms with E-state index in [-0.39, 0.29) is 18.7 Å². The van der Waals surface area contributed by atoms with Gasteiger partial charge >= 0.3 is 0 Å². The highest BCUT2D eigenvalue weighted by Gasteiger charge is 2.61. The van der Waals surface area contributed by atoms with Crippen LogP contribution in [0.4, 0.5) is 8.78 Å². The van der Waals surface area contributed by atoms with Gasteiger partial charge in [0.05, 0.1) is 12.0 Å². The largest absolute Gasteiger partial charge is 0.378 e. The summed E-state index contributed by atoms with van der Waals surface area (Å²) in [5.74, 6) is -6.89. The molecule has 6 atom stereocenters. The van der Waals surface area contributed by atoms with Crippen LogP contribution in [0, 0.1) is 23.2 Å². The molecule has 10 heteroatoms. The second kappa shape index (κ2) is 9.66. The lowest BCUT2D eigenvalue weighted by atomic mass is 9.71. The maximum Gasteiger partial charge on any atom is 0.256 e. The van der Waals surface area contributed by atoms with E-state index in [1.165, 1.54) is 0 Å². The lowest BCUT2D eigenvalue weighted by Crippen LogP contribution is -2.69. The molecule has 3 N–H and O–H groups in total. The molecule has 3 amide bonds. The molecule has 1 saturated carbocycles. The predicted molar refractivity (Wildman–Crippen MR) is 116 cm³/mol. The molecule has 3 aliphatic heterocycles. The minimum absolute atomic E-state index is 0.0587. The van der Waals surface area contributed by atoms with E-state index in [0.717, 1.165) is 11.3 Å². The summed E-state index contributed by atoms with van der Waals surface area (Å²) in [6.07, 6.45) is -0.419. The Kier molecular flexibility index (Phi) is 6.84. The molecule has 4 fully saturated rings. The zero-order valence-electron chi connectivity index (χ0n) is 18.6. The first kappa shape index (κ1) is 24.1. The number of amides is 3. The summed E-state index contributed by atoms with van der Waals surface area (Å²) >= 11 is 0. The van der Waals surface area contributed by atoms with Crippen LogP contribution in [-0.2, 0) is 14.4 Å². The Morgan fingerprint density at radius 2 is 2.00 bits per heavy atom. The summed E-state index contributed by atoms with van der Waals surface area (Å²) in [4.78, 5) is 39.7. The van der Waals surface area contributed by atoms with Crippen molar-refractivity contribution in [1.29, 1.82) is 5.26 Å². The van der Waals surface area contributed by atoms with Crippen LogP contribution in [0.5, 0.6) is 0 Å². The van der Waals surface area contributed by atoms with Crippen molar-refractivity contribution >= 4 is 17.7 Å². The van der Waals surface area contributed by atoms with Gasteiger partial charge in [0.15, 0.2) is 6.10 Å². The Morgan fingerprint density at radius 1 is 1.26 bits per heavy atom. The third-order valence-electron chi connectivity index (χ3n) is 7.20. The zero-order valence-corrected chi connectivity index (χ0v) is 18.6. The van der Waals surface area contributed by atoms with Crippen molar-refractivity contribution in [3.63, 3.8) is 0 Å². The van der Waals surface area contributed by atoms with Gasteiger partial charge in [-0.05, 0) is 37.7 Å². The van der Waals surface area contributed by atoms with Crippen LogP contribution in [0.15, 0.2) is 30.3 Å². The minimum atomic E-state index is -3.15. The normalized spacial score (nSPS) is 29.5. The SMILES string of the molecule is N#C[C@@H](C[C@H]1CCCNC1=O)NC(=O)[C@@H]1[C@H]2CC[C@H](CC2(F)F)N1C(=O)[C@H](O)c1ccccc1. The van der Waals surface area contributed by atoms with Gasteiger partial charge in [0.1, 0.15) is 12.1 Å². The van der Waals surface area contributed by atoms with Crippen LogP contribution in [0.2, 0.25) is 0 Å². The minimum Gasteiger partial charge on any atom is -0.378 e. The van der Waals surface area contributed by atoms with E-state index in [2.05, 4.69) is 10.6 Å². The highest BCUT2D eigenvalue weighted by molar-refractivity contribution is 5.91. The number of carbonyl (C=O) groups excluding carboxylic acids is 3. The average molecular weight is 475 g/mol. The fourth-order valence-electron chi connectivity index (χ4n) is 5.49. The number of nitrogens with zero attached hydrogens (tertiary/aromatic N) is 2. The number of piperidine rings is 3. The number of nitrogens with one attached hydrogen (secondary N) is 2. The molecule has 1 aliphatic carbocycles. The average Bonchev–Trinajstić information content (AvgIpc) is 2.83. The summed E-state index contributed by atoms with van der Waals surface area (Å²) in [5.41, 5.74) is 0.304. The monoisotopic (exact) mass is 474 g/mol. The Bertz CT molecular complexity index is 983. The molecule has 8 nitrogen and oxygen atoms in total. The number of nitriles is 1. The third kappa shape index (κ3) is 4.62. The summed E-state index contributed by atoms with van der Waals surface area (Å²) in [5, 5.41) is 25.5. The van der Waals surface area contributed by atoms with Gasteiger partial charge in [0.2, 0.25) is 11.8 Å². The summed E-state index contributed by atoms with van der Waals surface area (Å²) in [6.45, 7) is 0.556. The molecule has 3 saturated heterocycles. The van der Waals surface area contributed by atoms with Crippen molar-refractivity contribution in [3.05, 3.63) is 35.9 Å². The lowest BCUT2D eigenvalue weighted by molar-refractivity contribution is -0.198. The molecule has 0 unspecified atom stereocenters. The van der Waals surface area contributed by atoms with Gasteiger partial charge < -0.3 is 20.6 Å². The van der Waals surface area contributed by atoms with Gasteiger partial charge in [0, 0.05) is 24.9 Å². The second-order valence-electron chi connectivity index (χ2n) is 9.36. The lowest BCUT2D eigenvalue weighted by Gasteiger charge is -2.54. The third-order valence-corrected chi connectivity index (χ3v) is 7.20. The van der Waals surface area contributed by atoms with E-state index >= 15 is 0 Å². The fraction of sp³-hybridized carbons (Fsp3) is 0.583. The molecule has 4 aliphatic rings. The van der Waals surface area contributed by atoms with Crippen molar-refractivity contribution in [1.82, 2.24) is 15.5 Å². The molecule has 5 rings (SSSR count). The molecule has 2 bridgehead atoms. The Morgan fingerprint density at radius 3 is 2.65 bits per heavy atom. The molecule has 182 valence electrons. The smallest absolute Gasteiger partial charge is 0.256 e. The Hall–Kier alpha value is -3.06. The molecule has 3 heterocycles. The predicted octanol–water partition coefficient (Wildman–Crippen LogP) is 1.66. The summed E-state index contributed by atoms with van der Waals surface area (Å²) in [7, 11) is 0. The zero-order chi connectivity index (χ0) is 24.5. The molecule has 34 heavy (non-hydrogen) atoms. The number of benzene rings is 1. The van der Waals surface area contributed by atoms with Crippen LogP contribution in [0.3, 0.4) is 0 Å². The maximum absolute atomic E-state index is 14.8. The van der Waals surface area contributed by atoms with E-state index in [4.69, 9.17) is 0 Å². The van der Waals surface area contributed by atoms with Crippen molar-refractivity contribution in [2.45, 2.75) is 68.7 Å². The van der Waals surface area contributed by atoms with Gasteiger partial charge in [-0.2, -0.15) is 5.26 Å². The number of hydrogen-bond donors (Lipinski definition) is 3. The standard InChI is InChI=1S/C24H28F2N4O4/c25-24(26)12-17-8-9-18(24)19(30(17)23(34)20(31)14-5-2-1-3-6-14)22(33)29-16(13-27)11-15-7-4-10-28-21(15)32/h1-3,5-6,15-20,31H,4,7-12H2,(H,28,32)(H,29,33)/t15-,16-,17-,18-,19+,20-/m1/s1. The van der Waals surface area contributed by atoms with Gasteiger partial charge in [-0.3, -0.25) is 14.4 Å². The van der Waals surface area contributed by atoms with Crippen molar-refractivity contribution < 1.29 is 28.3 Å². The number of rotatable bonds is 6. The fourth-order valence-corrected chi connectivity index (χ4v) is 5.49. The van der Waals surface area contributed by atoms with Crippen LogP contribution < -0.4 is 10.6 Å². The molecular weight excluding hydrogens is 446 g/mol. The molecular formula is C24H28F2N4O4. The molecule has 0 spiro atoms. The Balaban J connectivity index is 1.56. The highest BCUT2D eigenvalue weighted by Crippen LogP contribution is 2.49. The number of aliphatic hydroxyl groups is 1. The molecule has 0 radical (unpaired) electrons. The highest BCUT2D eigenvalue weighted by atomic mass is 19.3. The number of alkyl halides is 2.